The number of phenolic OH excluding ortho intramolecular Hbond substituents is 1. The maximum Gasteiger partial charge on any atom is 0.255 e. The van der Waals surface area contributed by atoms with E-state index in [1.807, 2.05) is 13.0 Å². The highest BCUT2D eigenvalue weighted by Gasteiger charge is 2.16. The Morgan fingerprint density at radius 2 is 2.39 bits per heavy atom. The summed E-state index contributed by atoms with van der Waals surface area (Å²) in [4.78, 5) is 11.9. The topological polar surface area (TPSA) is 58.6 Å². The molecular formula is C14H19NO3. The van der Waals surface area contributed by atoms with E-state index in [4.69, 9.17) is 4.74 Å². The average molecular weight is 249 g/mol. The molecule has 1 amide bonds. The fourth-order valence-corrected chi connectivity index (χ4v) is 2.13. The molecule has 1 heterocycles. The molecule has 1 aromatic rings. The van der Waals surface area contributed by atoms with Gasteiger partial charge in [0.05, 0.1) is 12.2 Å². The summed E-state index contributed by atoms with van der Waals surface area (Å²) < 4.78 is 5.36. The Labute approximate surface area is 107 Å². The summed E-state index contributed by atoms with van der Waals surface area (Å²) in [6.07, 6.45) is 2.14. The molecule has 1 aromatic carbocycles. The first kappa shape index (κ1) is 12.9. The molecule has 4 heteroatoms. The van der Waals surface area contributed by atoms with Gasteiger partial charge in [-0.15, -0.1) is 0 Å². The number of ether oxygens (including phenoxy) is 1. The van der Waals surface area contributed by atoms with Gasteiger partial charge in [-0.2, -0.15) is 0 Å². The molecule has 1 aliphatic heterocycles. The van der Waals surface area contributed by atoms with Gasteiger partial charge in [0, 0.05) is 13.2 Å². The van der Waals surface area contributed by atoms with E-state index in [0.29, 0.717) is 24.6 Å². The summed E-state index contributed by atoms with van der Waals surface area (Å²) in [5.74, 6) is 0.195. The summed E-state index contributed by atoms with van der Waals surface area (Å²) >= 11 is 0. The highest BCUT2D eigenvalue weighted by atomic mass is 16.5. The van der Waals surface area contributed by atoms with Crippen LogP contribution in [0.4, 0.5) is 0 Å². The first-order valence-corrected chi connectivity index (χ1v) is 6.32. The highest BCUT2D eigenvalue weighted by molar-refractivity contribution is 5.96. The predicted molar refractivity (Wildman–Crippen MR) is 68.7 cm³/mol. The Bertz CT molecular complexity index is 425. The molecule has 18 heavy (non-hydrogen) atoms. The third kappa shape index (κ3) is 3.23. The Balaban J connectivity index is 1.90. The van der Waals surface area contributed by atoms with Crippen LogP contribution in [0, 0.1) is 12.8 Å². The molecule has 98 valence electrons. The minimum Gasteiger partial charge on any atom is -0.507 e. The van der Waals surface area contributed by atoms with Crippen LogP contribution in [0.15, 0.2) is 18.2 Å². The quantitative estimate of drug-likeness (QED) is 0.859. The maximum absolute atomic E-state index is 11.9. The van der Waals surface area contributed by atoms with E-state index in [9.17, 15) is 9.90 Å². The van der Waals surface area contributed by atoms with Gasteiger partial charge in [0.1, 0.15) is 5.75 Å². The number of benzene rings is 1. The fraction of sp³-hybridized carbons (Fsp3) is 0.500. The zero-order valence-electron chi connectivity index (χ0n) is 10.6. The van der Waals surface area contributed by atoms with Gasteiger partial charge in [0.15, 0.2) is 0 Å². The Morgan fingerprint density at radius 1 is 1.56 bits per heavy atom. The van der Waals surface area contributed by atoms with Crippen LogP contribution in [0.2, 0.25) is 0 Å². The summed E-state index contributed by atoms with van der Waals surface area (Å²) in [7, 11) is 0. The maximum atomic E-state index is 11.9. The van der Waals surface area contributed by atoms with Crippen molar-refractivity contribution in [2.24, 2.45) is 5.92 Å². The fourth-order valence-electron chi connectivity index (χ4n) is 2.13. The van der Waals surface area contributed by atoms with Crippen LogP contribution in [0.5, 0.6) is 5.75 Å². The van der Waals surface area contributed by atoms with Crippen molar-refractivity contribution >= 4 is 5.91 Å². The van der Waals surface area contributed by atoms with Crippen molar-refractivity contribution in [2.75, 3.05) is 19.8 Å². The molecule has 0 radical (unpaired) electrons. The lowest BCUT2D eigenvalue weighted by Crippen LogP contribution is -2.33. The molecule has 0 bridgehead atoms. The number of nitrogens with one attached hydrogen (secondary N) is 1. The lowest BCUT2D eigenvalue weighted by Gasteiger charge is -2.22. The number of carbonyl (C=O) groups is 1. The van der Waals surface area contributed by atoms with Crippen molar-refractivity contribution in [2.45, 2.75) is 19.8 Å². The molecule has 1 fully saturated rings. The van der Waals surface area contributed by atoms with E-state index in [1.54, 1.807) is 12.1 Å². The smallest absolute Gasteiger partial charge is 0.255 e. The summed E-state index contributed by atoms with van der Waals surface area (Å²) in [5, 5.41) is 12.6. The molecular weight excluding hydrogens is 230 g/mol. The molecule has 0 spiro atoms. The van der Waals surface area contributed by atoms with Gasteiger partial charge in [-0.1, -0.05) is 6.07 Å². The molecule has 4 nitrogen and oxygen atoms in total. The molecule has 0 aromatic heterocycles. The number of aryl methyl sites for hydroxylation is 1. The second-order valence-corrected chi connectivity index (χ2v) is 4.81. The van der Waals surface area contributed by atoms with Crippen LogP contribution in [-0.2, 0) is 4.74 Å². The number of hydrogen-bond acceptors (Lipinski definition) is 3. The van der Waals surface area contributed by atoms with Crippen molar-refractivity contribution in [1.29, 1.82) is 0 Å². The number of aromatic hydroxyl groups is 1. The van der Waals surface area contributed by atoms with Gasteiger partial charge in [-0.05, 0) is 43.4 Å². The lowest BCUT2D eigenvalue weighted by molar-refractivity contribution is 0.0536. The first-order chi connectivity index (χ1) is 8.66. The van der Waals surface area contributed by atoms with Crippen molar-refractivity contribution in [3.63, 3.8) is 0 Å². The molecule has 1 saturated heterocycles. The van der Waals surface area contributed by atoms with Gasteiger partial charge < -0.3 is 15.2 Å². The molecule has 1 unspecified atom stereocenters. The number of phenols is 1. The van der Waals surface area contributed by atoms with Gasteiger partial charge in [0.25, 0.3) is 5.91 Å². The molecule has 0 saturated carbocycles. The third-order valence-electron chi connectivity index (χ3n) is 3.20. The van der Waals surface area contributed by atoms with Crippen LogP contribution in [0.1, 0.15) is 28.8 Å². The van der Waals surface area contributed by atoms with Crippen LogP contribution >= 0.6 is 0 Å². The van der Waals surface area contributed by atoms with E-state index < -0.39 is 0 Å². The normalized spacial score (nSPS) is 19.5. The SMILES string of the molecule is Cc1ccc(C(=O)NCC2CCCOC2)c(O)c1. The first-order valence-electron chi connectivity index (χ1n) is 6.32. The van der Waals surface area contributed by atoms with Crippen LogP contribution in [0.3, 0.4) is 0 Å². The summed E-state index contributed by atoms with van der Waals surface area (Å²) in [6, 6.07) is 5.06. The van der Waals surface area contributed by atoms with Crippen LogP contribution in [0.25, 0.3) is 0 Å². The van der Waals surface area contributed by atoms with Gasteiger partial charge in [-0.25, -0.2) is 0 Å². The number of amides is 1. The van der Waals surface area contributed by atoms with E-state index in [0.717, 1.165) is 25.0 Å². The average Bonchev–Trinajstić information content (AvgIpc) is 2.37. The number of rotatable bonds is 3. The molecule has 2 rings (SSSR count). The standard InChI is InChI=1S/C14H19NO3/c1-10-4-5-12(13(16)7-10)14(17)15-8-11-3-2-6-18-9-11/h4-5,7,11,16H,2-3,6,8-9H2,1H3,(H,15,17). The van der Waals surface area contributed by atoms with Crippen molar-refractivity contribution < 1.29 is 14.6 Å². The monoisotopic (exact) mass is 249 g/mol. The highest BCUT2D eigenvalue weighted by Crippen LogP contribution is 2.18. The van der Waals surface area contributed by atoms with Gasteiger partial charge in [0.2, 0.25) is 0 Å². The number of carbonyl (C=O) groups excluding carboxylic acids is 1. The third-order valence-corrected chi connectivity index (χ3v) is 3.20. The Kier molecular flexibility index (Phi) is 4.20. The summed E-state index contributed by atoms with van der Waals surface area (Å²) in [6.45, 7) is 4.01. The largest absolute Gasteiger partial charge is 0.507 e. The van der Waals surface area contributed by atoms with Gasteiger partial charge >= 0.3 is 0 Å². The van der Waals surface area contributed by atoms with Crippen LogP contribution < -0.4 is 5.32 Å². The molecule has 1 aliphatic rings. The molecule has 1 atom stereocenters. The molecule has 2 N–H and O–H groups in total. The van der Waals surface area contributed by atoms with Crippen molar-refractivity contribution in [1.82, 2.24) is 5.32 Å². The van der Waals surface area contributed by atoms with Crippen molar-refractivity contribution in [3.05, 3.63) is 29.3 Å². The zero-order valence-corrected chi connectivity index (χ0v) is 10.6. The summed E-state index contributed by atoms with van der Waals surface area (Å²) in [5.41, 5.74) is 1.27. The Morgan fingerprint density at radius 3 is 3.06 bits per heavy atom. The lowest BCUT2D eigenvalue weighted by atomic mass is 10.0. The Hall–Kier alpha value is -1.55. The predicted octanol–water partition coefficient (Wildman–Crippen LogP) is 1.86. The van der Waals surface area contributed by atoms with Gasteiger partial charge in [-0.3, -0.25) is 4.79 Å². The van der Waals surface area contributed by atoms with Crippen molar-refractivity contribution in [3.8, 4) is 5.75 Å². The van der Waals surface area contributed by atoms with E-state index in [2.05, 4.69) is 5.32 Å². The van der Waals surface area contributed by atoms with Crippen LogP contribution in [-0.4, -0.2) is 30.8 Å². The molecule has 0 aliphatic carbocycles. The van der Waals surface area contributed by atoms with E-state index in [1.165, 1.54) is 0 Å². The minimum absolute atomic E-state index is 0.0346. The second kappa shape index (κ2) is 5.87. The van der Waals surface area contributed by atoms with E-state index >= 15 is 0 Å². The second-order valence-electron chi connectivity index (χ2n) is 4.81. The number of hydrogen-bond donors (Lipinski definition) is 2. The zero-order chi connectivity index (χ0) is 13.0. The van der Waals surface area contributed by atoms with E-state index in [-0.39, 0.29) is 11.7 Å². The minimum atomic E-state index is -0.224.